The lowest BCUT2D eigenvalue weighted by atomic mass is 9.94. The van der Waals surface area contributed by atoms with Gasteiger partial charge >= 0.3 is 0 Å². The Morgan fingerprint density at radius 1 is 1.22 bits per heavy atom. The van der Waals surface area contributed by atoms with E-state index < -0.39 is 0 Å². The van der Waals surface area contributed by atoms with Gasteiger partial charge in [-0.05, 0) is 43.5 Å². The zero-order valence-electron chi connectivity index (χ0n) is 15.5. The van der Waals surface area contributed by atoms with Gasteiger partial charge in [-0.15, -0.1) is 0 Å². The molecular formula is C21H23N5O. The van der Waals surface area contributed by atoms with Crippen LogP contribution >= 0.6 is 0 Å². The fraction of sp³-hybridized carbons (Fsp3) is 0.333. The molecule has 6 heteroatoms. The van der Waals surface area contributed by atoms with Crippen molar-refractivity contribution in [3.63, 3.8) is 0 Å². The van der Waals surface area contributed by atoms with Gasteiger partial charge < -0.3 is 4.90 Å². The molecule has 0 radical (unpaired) electrons. The molecule has 3 aromatic heterocycles. The van der Waals surface area contributed by atoms with Crippen molar-refractivity contribution in [2.75, 3.05) is 13.1 Å². The predicted octanol–water partition coefficient (Wildman–Crippen LogP) is 2.92. The molecule has 27 heavy (non-hydrogen) atoms. The summed E-state index contributed by atoms with van der Waals surface area (Å²) >= 11 is 0. The number of nitrogens with zero attached hydrogens (tertiary/aromatic N) is 5. The highest BCUT2D eigenvalue weighted by Crippen LogP contribution is 2.26. The first kappa shape index (κ1) is 17.4. The molecule has 0 spiro atoms. The fourth-order valence-corrected chi connectivity index (χ4v) is 3.66. The first-order chi connectivity index (χ1) is 13.2. The highest BCUT2D eigenvalue weighted by atomic mass is 16.2. The number of carbonyl (C=O) groups is 1. The highest BCUT2D eigenvalue weighted by Gasteiger charge is 2.26. The van der Waals surface area contributed by atoms with Crippen LogP contribution in [0, 0.1) is 6.92 Å². The Bertz CT molecular complexity index is 921. The SMILES string of the molecule is Cc1nccn1-c1cccc(C2CCCN(C(=O)Cc3cccnc3)C2)n1. The number of pyridine rings is 2. The lowest BCUT2D eigenvalue weighted by Crippen LogP contribution is -2.40. The molecule has 0 aromatic carbocycles. The molecule has 1 aliphatic heterocycles. The molecule has 0 aliphatic carbocycles. The third kappa shape index (κ3) is 3.89. The van der Waals surface area contributed by atoms with Crippen LogP contribution in [0.25, 0.3) is 5.82 Å². The zero-order valence-corrected chi connectivity index (χ0v) is 15.5. The molecule has 1 amide bonds. The van der Waals surface area contributed by atoms with E-state index in [0.717, 1.165) is 48.8 Å². The number of hydrogen-bond acceptors (Lipinski definition) is 4. The van der Waals surface area contributed by atoms with Gasteiger partial charge in [0.2, 0.25) is 5.91 Å². The summed E-state index contributed by atoms with van der Waals surface area (Å²) in [7, 11) is 0. The van der Waals surface area contributed by atoms with Gasteiger partial charge in [0.1, 0.15) is 11.6 Å². The Balaban J connectivity index is 1.48. The molecule has 1 unspecified atom stereocenters. The number of aromatic nitrogens is 4. The van der Waals surface area contributed by atoms with Gasteiger partial charge in [0.15, 0.2) is 0 Å². The number of aryl methyl sites for hydroxylation is 1. The maximum Gasteiger partial charge on any atom is 0.227 e. The number of likely N-dealkylation sites (tertiary alicyclic amines) is 1. The quantitative estimate of drug-likeness (QED) is 0.717. The molecule has 3 aromatic rings. The summed E-state index contributed by atoms with van der Waals surface area (Å²) in [6.45, 7) is 3.50. The van der Waals surface area contributed by atoms with Crippen molar-refractivity contribution in [3.8, 4) is 5.82 Å². The first-order valence-corrected chi connectivity index (χ1v) is 9.34. The van der Waals surface area contributed by atoms with Gasteiger partial charge in [0, 0.05) is 49.5 Å². The third-order valence-corrected chi connectivity index (χ3v) is 5.10. The van der Waals surface area contributed by atoms with Crippen LogP contribution in [-0.4, -0.2) is 43.4 Å². The number of rotatable bonds is 4. The van der Waals surface area contributed by atoms with E-state index in [0.29, 0.717) is 6.42 Å². The van der Waals surface area contributed by atoms with E-state index in [4.69, 9.17) is 4.98 Å². The molecule has 1 atom stereocenters. The van der Waals surface area contributed by atoms with Crippen LogP contribution in [0.4, 0.5) is 0 Å². The van der Waals surface area contributed by atoms with E-state index >= 15 is 0 Å². The van der Waals surface area contributed by atoms with E-state index in [1.165, 1.54) is 0 Å². The average Bonchev–Trinajstić information content (AvgIpc) is 3.15. The minimum atomic E-state index is 0.161. The second-order valence-electron chi connectivity index (χ2n) is 6.98. The lowest BCUT2D eigenvalue weighted by molar-refractivity contribution is -0.131. The summed E-state index contributed by atoms with van der Waals surface area (Å²) in [6.07, 6.45) is 9.65. The summed E-state index contributed by atoms with van der Waals surface area (Å²) in [5.74, 6) is 2.22. The second-order valence-corrected chi connectivity index (χ2v) is 6.98. The fourth-order valence-electron chi connectivity index (χ4n) is 3.66. The second kappa shape index (κ2) is 7.70. The van der Waals surface area contributed by atoms with Crippen LogP contribution in [0.1, 0.15) is 35.8 Å². The molecule has 4 rings (SSSR count). The van der Waals surface area contributed by atoms with Crippen molar-refractivity contribution >= 4 is 5.91 Å². The van der Waals surface area contributed by atoms with Crippen LogP contribution in [0.15, 0.2) is 55.1 Å². The van der Waals surface area contributed by atoms with Crippen LogP contribution in [0.2, 0.25) is 0 Å². The lowest BCUT2D eigenvalue weighted by Gasteiger charge is -2.32. The van der Waals surface area contributed by atoms with E-state index in [1.807, 2.05) is 46.9 Å². The van der Waals surface area contributed by atoms with Crippen LogP contribution in [0.5, 0.6) is 0 Å². The minimum Gasteiger partial charge on any atom is -0.342 e. The molecule has 1 fully saturated rings. The molecule has 6 nitrogen and oxygen atoms in total. The Hall–Kier alpha value is -3.02. The standard InChI is InChI=1S/C21H23N5O/c1-16-23-10-12-26(16)20-8-2-7-19(24-20)18-6-4-11-25(15-18)21(27)13-17-5-3-9-22-14-17/h2-3,5,7-10,12,14,18H,4,6,11,13,15H2,1H3. The number of hydrogen-bond donors (Lipinski definition) is 0. The van der Waals surface area contributed by atoms with Crippen molar-refractivity contribution < 1.29 is 4.79 Å². The smallest absolute Gasteiger partial charge is 0.227 e. The summed E-state index contributed by atoms with van der Waals surface area (Å²) in [6, 6.07) is 9.91. The number of amides is 1. The topological polar surface area (TPSA) is 63.9 Å². The van der Waals surface area contributed by atoms with Crippen LogP contribution in [0.3, 0.4) is 0 Å². The first-order valence-electron chi connectivity index (χ1n) is 9.34. The molecule has 4 heterocycles. The Labute approximate surface area is 158 Å². The molecule has 1 aliphatic rings. The predicted molar refractivity (Wildman–Crippen MR) is 103 cm³/mol. The summed E-state index contributed by atoms with van der Waals surface area (Å²) in [5.41, 5.74) is 2.00. The average molecular weight is 361 g/mol. The van der Waals surface area contributed by atoms with Crippen molar-refractivity contribution in [3.05, 3.63) is 72.2 Å². The van der Waals surface area contributed by atoms with Crippen LogP contribution in [-0.2, 0) is 11.2 Å². The maximum absolute atomic E-state index is 12.7. The van der Waals surface area contributed by atoms with Gasteiger partial charge in [0.05, 0.1) is 6.42 Å². The van der Waals surface area contributed by atoms with Gasteiger partial charge in [-0.25, -0.2) is 9.97 Å². The molecule has 1 saturated heterocycles. The van der Waals surface area contributed by atoms with Gasteiger partial charge in [-0.1, -0.05) is 12.1 Å². The largest absolute Gasteiger partial charge is 0.342 e. The van der Waals surface area contributed by atoms with E-state index in [2.05, 4.69) is 16.0 Å². The zero-order chi connectivity index (χ0) is 18.6. The summed E-state index contributed by atoms with van der Waals surface area (Å²) in [5, 5.41) is 0. The Kier molecular flexibility index (Phi) is 4.96. The Morgan fingerprint density at radius 2 is 2.15 bits per heavy atom. The molecule has 0 N–H and O–H groups in total. The molecular weight excluding hydrogens is 338 g/mol. The van der Waals surface area contributed by atoms with E-state index in [1.54, 1.807) is 18.6 Å². The number of imidazole rings is 1. The number of carbonyl (C=O) groups excluding carboxylic acids is 1. The van der Waals surface area contributed by atoms with Gasteiger partial charge in [0.25, 0.3) is 0 Å². The molecule has 0 saturated carbocycles. The molecule has 0 bridgehead atoms. The normalized spacial score (nSPS) is 17.1. The van der Waals surface area contributed by atoms with Crippen molar-refractivity contribution in [1.29, 1.82) is 0 Å². The number of piperidine rings is 1. The van der Waals surface area contributed by atoms with Crippen molar-refractivity contribution in [1.82, 2.24) is 24.4 Å². The van der Waals surface area contributed by atoms with E-state index in [9.17, 15) is 4.79 Å². The highest BCUT2D eigenvalue weighted by molar-refractivity contribution is 5.78. The van der Waals surface area contributed by atoms with E-state index in [-0.39, 0.29) is 11.8 Å². The van der Waals surface area contributed by atoms with Gasteiger partial charge in [-0.2, -0.15) is 0 Å². The molecule has 138 valence electrons. The Morgan fingerprint density at radius 3 is 2.93 bits per heavy atom. The van der Waals surface area contributed by atoms with Crippen molar-refractivity contribution in [2.45, 2.75) is 32.1 Å². The minimum absolute atomic E-state index is 0.161. The third-order valence-electron chi connectivity index (χ3n) is 5.10. The summed E-state index contributed by atoms with van der Waals surface area (Å²) < 4.78 is 1.98. The summed E-state index contributed by atoms with van der Waals surface area (Å²) in [4.78, 5) is 27.9. The van der Waals surface area contributed by atoms with Gasteiger partial charge in [-0.3, -0.25) is 14.3 Å². The van der Waals surface area contributed by atoms with Crippen LogP contribution < -0.4 is 0 Å². The van der Waals surface area contributed by atoms with Crippen molar-refractivity contribution in [2.24, 2.45) is 0 Å². The maximum atomic E-state index is 12.7. The monoisotopic (exact) mass is 361 g/mol.